The first-order valence-electron chi connectivity index (χ1n) is 8.16. The Morgan fingerprint density at radius 2 is 1.80 bits per heavy atom. The minimum Gasteiger partial charge on any atom is -0.440 e. The van der Waals surface area contributed by atoms with Gasteiger partial charge in [-0.1, -0.05) is 24.3 Å². The zero-order valence-electron chi connectivity index (χ0n) is 13.6. The molecule has 0 aliphatic carbocycles. The Balaban J connectivity index is 1.87. The number of hydrogen-bond acceptors (Lipinski definition) is 5. The third-order valence-electron chi connectivity index (χ3n) is 4.39. The van der Waals surface area contributed by atoms with Crippen molar-refractivity contribution in [2.75, 3.05) is 31.2 Å². The molecule has 2 heterocycles. The van der Waals surface area contributed by atoms with E-state index >= 15 is 0 Å². The average Bonchev–Trinajstić information content (AvgIpc) is 2.68. The summed E-state index contributed by atoms with van der Waals surface area (Å²) < 4.78 is 11.5. The summed E-state index contributed by atoms with van der Waals surface area (Å²) in [5.41, 5.74) is 2.86. The van der Waals surface area contributed by atoms with Gasteiger partial charge in [0.25, 0.3) is 0 Å². The fourth-order valence-electron chi connectivity index (χ4n) is 3.06. The van der Waals surface area contributed by atoms with E-state index in [-0.39, 0.29) is 5.43 Å². The summed E-state index contributed by atoms with van der Waals surface area (Å²) in [7, 11) is 0. The number of morpholine rings is 1. The van der Waals surface area contributed by atoms with Crippen molar-refractivity contribution in [2.45, 2.75) is 0 Å². The first kappa shape index (κ1) is 15.4. The zero-order valence-corrected chi connectivity index (χ0v) is 13.6. The van der Waals surface area contributed by atoms with E-state index in [2.05, 4.69) is 6.07 Å². The van der Waals surface area contributed by atoms with Gasteiger partial charge in [0.2, 0.25) is 0 Å². The molecule has 124 valence electrons. The normalized spacial score (nSPS) is 14.4. The Kier molecular flexibility index (Phi) is 3.96. The fourth-order valence-corrected chi connectivity index (χ4v) is 3.06. The highest BCUT2D eigenvalue weighted by atomic mass is 16.5. The van der Waals surface area contributed by atoms with E-state index in [9.17, 15) is 4.79 Å². The van der Waals surface area contributed by atoms with Crippen LogP contribution in [0, 0.1) is 11.3 Å². The van der Waals surface area contributed by atoms with E-state index in [1.165, 1.54) is 0 Å². The van der Waals surface area contributed by atoms with Crippen molar-refractivity contribution < 1.29 is 9.15 Å². The molecular weight excluding hydrogens is 316 g/mol. The van der Waals surface area contributed by atoms with Crippen molar-refractivity contribution in [3.63, 3.8) is 0 Å². The molecule has 0 unspecified atom stereocenters. The molecule has 2 aromatic carbocycles. The summed E-state index contributed by atoms with van der Waals surface area (Å²) in [4.78, 5) is 14.6. The molecule has 0 bridgehead atoms. The van der Waals surface area contributed by atoms with Crippen LogP contribution in [-0.4, -0.2) is 26.3 Å². The van der Waals surface area contributed by atoms with Crippen LogP contribution in [0.4, 0.5) is 5.88 Å². The molecular formula is C20H16N2O3. The van der Waals surface area contributed by atoms with Crippen LogP contribution >= 0.6 is 0 Å². The number of benzene rings is 2. The molecule has 25 heavy (non-hydrogen) atoms. The lowest BCUT2D eigenvalue weighted by Crippen LogP contribution is -2.36. The van der Waals surface area contributed by atoms with Gasteiger partial charge in [-0.05, 0) is 23.8 Å². The average molecular weight is 332 g/mol. The number of nitrogens with zero attached hydrogens (tertiary/aromatic N) is 2. The van der Waals surface area contributed by atoms with Crippen LogP contribution in [-0.2, 0) is 4.74 Å². The number of hydrogen-bond donors (Lipinski definition) is 0. The molecule has 0 atom stereocenters. The third kappa shape index (κ3) is 2.88. The number of para-hydroxylation sites is 1. The van der Waals surface area contributed by atoms with Crippen molar-refractivity contribution in [1.29, 1.82) is 5.26 Å². The van der Waals surface area contributed by atoms with Crippen molar-refractivity contribution in [1.82, 2.24) is 0 Å². The highest BCUT2D eigenvalue weighted by Gasteiger charge is 2.17. The van der Waals surface area contributed by atoms with E-state index in [4.69, 9.17) is 14.4 Å². The summed E-state index contributed by atoms with van der Waals surface area (Å²) in [5, 5.41) is 9.52. The molecule has 5 nitrogen and oxygen atoms in total. The molecule has 0 saturated carbocycles. The van der Waals surface area contributed by atoms with Gasteiger partial charge in [0.1, 0.15) is 5.58 Å². The second kappa shape index (κ2) is 6.42. The van der Waals surface area contributed by atoms with Gasteiger partial charge in [-0.15, -0.1) is 0 Å². The number of ether oxygens (including phenoxy) is 1. The monoisotopic (exact) mass is 332 g/mol. The second-order valence-corrected chi connectivity index (χ2v) is 5.92. The van der Waals surface area contributed by atoms with Crippen LogP contribution in [0.5, 0.6) is 0 Å². The Morgan fingerprint density at radius 1 is 1.04 bits per heavy atom. The van der Waals surface area contributed by atoms with E-state index in [1.54, 1.807) is 24.3 Å². The predicted octanol–water partition coefficient (Wildman–Crippen LogP) is 3.17. The zero-order chi connectivity index (χ0) is 17.2. The summed E-state index contributed by atoms with van der Waals surface area (Å²) in [6, 6.07) is 16.5. The van der Waals surface area contributed by atoms with Crippen molar-refractivity contribution >= 4 is 16.9 Å². The molecule has 4 rings (SSSR count). The Morgan fingerprint density at radius 3 is 2.52 bits per heavy atom. The van der Waals surface area contributed by atoms with E-state index in [0.29, 0.717) is 48.7 Å². The van der Waals surface area contributed by atoms with Gasteiger partial charge in [0.05, 0.1) is 30.2 Å². The lowest BCUT2D eigenvalue weighted by atomic mass is 10.0. The van der Waals surface area contributed by atoms with Gasteiger partial charge < -0.3 is 14.1 Å². The first-order valence-corrected chi connectivity index (χ1v) is 8.16. The van der Waals surface area contributed by atoms with Crippen LogP contribution < -0.4 is 10.3 Å². The van der Waals surface area contributed by atoms with Crippen LogP contribution in [0.1, 0.15) is 5.56 Å². The molecule has 1 aliphatic rings. The molecule has 1 saturated heterocycles. The molecule has 5 heteroatoms. The fraction of sp³-hybridized carbons (Fsp3) is 0.200. The van der Waals surface area contributed by atoms with Crippen LogP contribution in [0.3, 0.4) is 0 Å². The second-order valence-electron chi connectivity index (χ2n) is 5.92. The topological polar surface area (TPSA) is 66.5 Å². The SMILES string of the molecule is N#Cc1ccc(-c2cccc3c(=O)cc(N4CCOCC4)oc23)cc1. The third-order valence-corrected chi connectivity index (χ3v) is 4.39. The Hall–Kier alpha value is -3.10. The van der Waals surface area contributed by atoms with E-state index in [0.717, 1.165) is 11.1 Å². The van der Waals surface area contributed by atoms with Gasteiger partial charge in [0, 0.05) is 24.7 Å². The standard InChI is InChI=1S/C20H16N2O3/c21-13-14-4-6-15(7-5-14)16-2-1-3-17-18(23)12-19(25-20(16)17)22-8-10-24-11-9-22/h1-7,12H,8-11H2. The lowest BCUT2D eigenvalue weighted by Gasteiger charge is -2.27. The highest BCUT2D eigenvalue weighted by molar-refractivity contribution is 5.92. The van der Waals surface area contributed by atoms with E-state index < -0.39 is 0 Å². The van der Waals surface area contributed by atoms with Crippen LogP contribution in [0.2, 0.25) is 0 Å². The highest BCUT2D eigenvalue weighted by Crippen LogP contribution is 2.30. The number of anilines is 1. The van der Waals surface area contributed by atoms with Gasteiger partial charge in [-0.3, -0.25) is 4.79 Å². The van der Waals surface area contributed by atoms with Crippen LogP contribution in [0.15, 0.2) is 57.7 Å². The van der Waals surface area contributed by atoms with Crippen LogP contribution in [0.25, 0.3) is 22.1 Å². The van der Waals surface area contributed by atoms with Crippen molar-refractivity contribution in [3.05, 3.63) is 64.3 Å². The number of fused-ring (bicyclic) bond motifs is 1. The summed E-state index contributed by atoms with van der Waals surface area (Å²) in [6.45, 7) is 2.65. The Bertz CT molecular complexity index is 1010. The minimum atomic E-state index is -0.0572. The summed E-state index contributed by atoms with van der Waals surface area (Å²) >= 11 is 0. The van der Waals surface area contributed by atoms with Crippen molar-refractivity contribution in [2.24, 2.45) is 0 Å². The number of nitriles is 1. The number of rotatable bonds is 2. The molecule has 1 aromatic heterocycles. The maximum absolute atomic E-state index is 12.6. The molecule has 0 amide bonds. The van der Waals surface area contributed by atoms with E-state index in [1.807, 2.05) is 29.2 Å². The molecule has 1 fully saturated rings. The van der Waals surface area contributed by atoms with Gasteiger partial charge in [-0.2, -0.15) is 5.26 Å². The molecule has 0 spiro atoms. The van der Waals surface area contributed by atoms with Gasteiger partial charge >= 0.3 is 0 Å². The summed E-state index contributed by atoms with van der Waals surface area (Å²) in [6.07, 6.45) is 0. The molecule has 1 aliphatic heterocycles. The maximum Gasteiger partial charge on any atom is 0.200 e. The first-order chi connectivity index (χ1) is 12.3. The largest absolute Gasteiger partial charge is 0.440 e. The lowest BCUT2D eigenvalue weighted by molar-refractivity contribution is 0.121. The van der Waals surface area contributed by atoms with Gasteiger partial charge in [0.15, 0.2) is 11.3 Å². The smallest absolute Gasteiger partial charge is 0.200 e. The molecule has 0 N–H and O–H groups in total. The van der Waals surface area contributed by atoms with Gasteiger partial charge in [-0.25, -0.2) is 0 Å². The maximum atomic E-state index is 12.6. The molecule has 0 radical (unpaired) electrons. The minimum absolute atomic E-state index is 0.0572. The Labute approximate surface area is 144 Å². The quantitative estimate of drug-likeness (QED) is 0.721. The predicted molar refractivity (Wildman–Crippen MR) is 95.7 cm³/mol. The summed E-state index contributed by atoms with van der Waals surface area (Å²) in [5.74, 6) is 0.571. The van der Waals surface area contributed by atoms with Crippen molar-refractivity contribution in [3.8, 4) is 17.2 Å². The molecule has 3 aromatic rings.